The molecule has 0 amide bonds. The Labute approximate surface area is 119 Å². The molecule has 4 nitrogen and oxygen atoms in total. The summed E-state index contributed by atoms with van der Waals surface area (Å²) in [5.74, 6) is 1.70. The normalized spacial score (nSPS) is 10.7. The van der Waals surface area contributed by atoms with Crippen LogP contribution in [0.5, 0.6) is 0 Å². The number of aromatic nitrogens is 4. The standard InChI is InChI=1S/C13H12N4S2/c1-2-6-14-10(4-1)9-19-13-15-12(16-17-13)8-11-5-3-7-18-11/h1-7H,8-9H2,(H,15,16,17). The minimum atomic E-state index is 0.775. The van der Waals surface area contributed by atoms with Gasteiger partial charge in [0, 0.05) is 23.2 Å². The van der Waals surface area contributed by atoms with Crippen LogP contribution in [-0.2, 0) is 12.2 Å². The largest absolute Gasteiger partial charge is 0.262 e. The van der Waals surface area contributed by atoms with Crippen LogP contribution in [0, 0.1) is 0 Å². The van der Waals surface area contributed by atoms with E-state index in [-0.39, 0.29) is 0 Å². The van der Waals surface area contributed by atoms with Crippen LogP contribution < -0.4 is 0 Å². The molecule has 0 radical (unpaired) electrons. The van der Waals surface area contributed by atoms with Gasteiger partial charge in [-0.15, -0.1) is 16.4 Å². The highest BCUT2D eigenvalue weighted by molar-refractivity contribution is 7.98. The van der Waals surface area contributed by atoms with Crippen molar-refractivity contribution in [3.63, 3.8) is 0 Å². The summed E-state index contributed by atoms with van der Waals surface area (Å²) in [7, 11) is 0. The number of hydrogen-bond donors (Lipinski definition) is 1. The number of nitrogens with one attached hydrogen (secondary N) is 1. The Kier molecular flexibility index (Phi) is 3.90. The summed E-state index contributed by atoms with van der Waals surface area (Å²) < 4.78 is 0. The summed E-state index contributed by atoms with van der Waals surface area (Å²) in [5.41, 5.74) is 1.04. The summed E-state index contributed by atoms with van der Waals surface area (Å²) in [6, 6.07) is 10.1. The molecular weight excluding hydrogens is 276 g/mol. The lowest BCUT2D eigenvalue weighted by molar-refractivity contribution is 0.959. The summed E-state index contributed by atoms with van der Waals surface area (Å²) in [4.78, 5) is 10.0. The van der Waals surface area contributed by atoms with Crippen molar-refractivity contribution in [3.8, 4) is 0 Å². The zero-order chi connectivity index (χ0) is 12.9. The quantitative estimate of drug-likeness (QED) is 0.733. The molecule has 3 aromatic rings. The van der Waals surface area contributed by atoms with Crippen LogP contribution in [-0.4, -0.2) is 20.2 Å². The predicted octanol–water partition coefficient (Wildman–Crippen LogP) is 3.14. The zero-order valence-electron chi connectivity index (χ0n) is 10.1. The molecule has 0 aliphatic heterocycles. The molecule has 96 valence electrons. The van der Waals surface area contributed by atoms with E-state index in [1.165, 1.54) is 4.88 Å². The third-order valence-electron chi connectivity index (χ3n) is 2.51. The molecule has 0 bridgehead atoms. The van der Waals surface area contributed by atoms with E-state index in [1.807, 2.05) is 24.3 Å². The molecule has 0 spiro atoms. The van der Waals surface area contributed by atoms with Crippen LogP contribution >= 0.6 is 23.1 Å². The second kappa shape index (κ2) is 5.99. The number of thiophene rings is 1. The van der Waals surface area contributed by atoms with Crippen molar-refractivity contribution >= 4 is 23.1 Å². The van der Waals surface area contributed by atoms with Gasteiger partial charge in [0.1, 0.15) is 5.82 Å². The highest BCUT2D eigenvalue weighted by Crippen LogP contribution is 2.19. The van der Waals surface area contributed by atoms with E-state index in [0.717, 1.165) is 28.8 Å². The van der Waals surface area contributed by atoms with Gasteiger partial charge in [-0.3, -0.25) is 10.1 Å². The van der Waals surface area contributed by atoms with Gasteiger partial charge >= 0.3 is 0 Å². The predicted molar refractivity (Wildman–Crippen MR) is 77.3 cm³/mol. The van der Waals surface area contributed by atoms with E-state index >= 15 is 0 Å². The van der Waals surface area contributed by atoms with Crippen LogP contribution in [0.1, 0.15) is 16.4 Å². The van der Waals surface area contributed by atoms with E-state index < -0.39 is 0 Å². The van der Waals surface area contributed by atoms with Crippen LogP contribution in [0.4, 0.5) is 0 Å². The highest BCUT2D eigenvalue weighted by atomic mass is 32.2. The van der Waals surface area contributed by atoms with E-state index in [9.17, 15) is 0 Å². The number of nitrogens with zero attached hydrogens (tertiary/aromatic N) is 3. The first-order valence-electron chi connectivity index (χ1n) is 5.86. The van der Waals surface area contributed by atoms with Crippen LogP contribution in [0.2, 0.25) is 0 Å². The Morgan fingerprint density at radius 1 is 1.21 bits per heavy atom. The third-order valence-corrected chi connectivity index (χ3v) is 4.27. The Morgan fingerprint density at radius 2 is 2.21 bits per heavy atom. The average Bonchev–Trinajstić information content (AvgIpc) is 3.10. The number of thioether (sulfide) groups is 1. The van der Waals surface area contributed by atoms with Crippen molar-refractivity contribution in [1.29, 1.82) is 0 Å². The number of H-pyrrole nitrogens is 1. The molecule has 0 aliphatic carbocycles. The van der Waals surface area contributed by atoms with Crippen LogP contribution in [0.15, 0.2) is 47.1 Å². The molecule has 0 fully saturated rings. The van der Waals surface area contributed by atoms with Crippen molar-refractivity contribution in [2.75, 3.05) is 0 Å². The number of aromatic amines is 1. The van der Waals surface area contributed by atoms with Crippen molar-refractivity contribution in [2.24, 2.45) is 0 Å². The Balaban J connectivity index is 1.59. The summed E-state index contributed by atoms with van der Waals surface area (Å²) in [6.07, 6.45) is 2.62. The number of hydrogen-bond acceptors (Lipinski definition) is 5. The van der Waals surface area contributed by atoms with Gasteiger partial charge in [0.2, 0.25) is 5.16 Å². The minimum absolute atomic E-state index is 0.775. The maximum absolute atomic E-state index is 4.48. The molecule has 0 aliphatic rings. The molecule has 1 N–H and O–H groups in total. The Hall–Kier alpha value is -1.66. The van der Waals surface area contributed by atoms with Crippen molar-refractivity contribution in [1.82, 2.24) is 20.2 Å². The smallest absolute Gasteiger partial charge is 0.208 e. The first-order valence-corrected chi connectivity index (χ1v) is 7.73. The van der Waals surface area contributed by atoms with Gasteiger partial charge in [0.05, 0.1) is 5.69 Å². The van der Waals surface area contributed by atoms with Crippen LogP contribution in [0.25, 0.3) is 0 Å². The lowest BCUT2D eigenvalue weighted by Crippen LogP contribution is -1.87. The second-order valence-corrected chi connectivity index (χ2v) is 5.91. The van der Waals surface area contributed by atoms with Crippen molar-refractivity contribution in [3.05, 3.63) is 58.3 Å². The van der Waals surface area contributed by atoms with E-state index in [0.29, 0.717) is 0 Å². The maximum atomic E-state index is 4.48. The van der Waals surface area contributed by atoms with Crippen molar-refractivity contribution in [2.45, 2.75) is 17.3 Å². The summed E-state index contributed by atoms with van der Waals surface area (Å²) >= 11 is 3.33. The van der Waals surface area contributed by atoms with Gasteiger partial charge in [0.25, 0.3) is 0 Å². The van der Waals surface area contributed by atoms with Gasteiger partial charge in [-0.25, -0.2) is 4.98 Å². The van der Waals surface area contributed by atoms with E-state index in [4.69, 9.17) is 0 Å². The van der Waals surface area contributed by atoms with Gasteiger partial charge in [-0.05, 0) is 23.6 Å². The van der Waals surface area contributed by atoms with Crippen LogP contribution in [0.3, 0.4) is 0 Å². The van der Waals surface area contributed by atoms with Gasteiger partial charge in [0.15, 0.2) is 0 Å². The number of pyridine rings is 1. The molecule has 3 aromatic heterocycles. The summed E-state index contributed by atoms with van der Waals surface area (Å²) in [5, 5.41) is 10.0. The SMILES string of the molecule is c1ccc(CSc2n[nH]c(Cc3cccs3)n2)nc1. The second-order valence-electron chi connectivity index (χ2n) is 3.93. The Morgan fingerprint density at radius 3 is 3.00 bits per heavy atom. The zero-order valence-corrected chi connectivity index (χ0v) is 11.7. The molecular formula is C13H12N4S2. The molecule has 6 heteroatoms. The fourth-order valence-corrected chi connectivity index (χ4v) is 3.06. The molecule has 3 rings (SSSR count). The molecule has 19 heavy (non-hydrogen) atoms. The fraction of sp³-hybridized carbons (Fsp3) is 0.154. The molecule has 0 unspecified atom stereocenters. The lowest BCUT2D eigenvalue weighted by atomic mass is 10.3. The molecule has 0 saturated heterocycles. The number of rotatable bonds is 5. The maximum Gasteiger partial charge on any atom is 0.208 e. The van der Waals surface area contributed by atoms with E-state index in [2.05, 4.69) is 31.6 Å². The topological polar surface area (TPSA) is 54.5 Å². The first kappa shape index (κ1) is 12.4. The molecule has 0 atom stereocenters. The van der Waals surface area contributed by atoms with Crippen molar-refractivity contribution < 1.29 is 0 Å². The molecule has 0 saturated carbocycles. The monoisotopic (exact) mass is 288 g/mol. The first-order chi connectivity index (χ1) is 9.40. The van der Waals surface area contributed by atoms with Gasteiger partial charge in [-0.2, -0.15) is 0 Å². The Bertz CT molecular complexity index is 619. The molecule has 0 aromatic carbocycles. The summed E-state index contributed by atoms with van der Waals surface area (Å²) in [6.45, 7) is 0. The minimum Gasteiger partial charge on any atom is -0.262 e. The lowest BCUT2D eigenvalue weighted by Gasteiger charge is -1.95. The van der Waals surface area contributed by atoms with Gasteiger partial charge in [-0.1, -0.05) is 23.9 Å². The highest BCUT2D eigenvalue weighted by Gasteiger charge is 2.06. The van der Waals surface area contributed by atoms with E-state index in [1.54, 1.807) is 29.3 Å². The molecule has 3 heterocycles. The average molecular weight is 288 g/mol. The fourth-order valence-electron chi connectivity index (χ4n) is 1.62. The van der Waals surface area contributed by atoms with Gasteiger partial charge < -0.3 is 0 Å². The third kappa shape index (κ3) is 3.42.